The number of hydrogen-bond acceptors (Lipinski definition) is 4. The first-order valence-corrected chi connectivity index (χ1v) is 6.10. The van der Waals surface area contributed by atoms with Gasteiger partial charge in [-0.15, -0.1) is 0 Å². The number of hydrogen-bond donors (Lipinski definition) is 2. The molecule has 19 heavy (non-hydrogen) atoms. The zero-order valence-corrected chi connectivity index (χ0v) is 10.8. The van der Waals surface area contributed by atoms with Gasteiger partial charge in [-0.25, -0.2) is 0 Å². The van der Waals surface area contributed by atoms with E-state index in [0.717, 1.165) is 0 Å². The summed E-state index contributed by atoms with van der Waals surface area (Å²) in [5.41, 5.74) is 7.06. The SMILES string of the molecule is COCCCN1CC(=O)Nc2cccc(N)c2C1=O. The van der Waals surface area contributed by atoms with Crippen molar-refractivity contribution in [3.05, 3.63) is 23.8 Å². The average Bonchev–Trinajstić information content (AvgIpc) is 2.48. The summed E-state index contributed by atoms with van der Waals surface area (Å²) in [7, 11) is 1.60. The molecular weight excluding hydrogens is 246 g/mol. The highest BCUT2D eigenvalue weighted by atomic mass is 16.5. The third kappa shape index (κ3) is 2.85. The number of carbonyl (C=O) groups excluding carboxylic acids is 2. The minimum atomic E-state index is -0.220. The number of anilines is 2. The predicted molar refractivity (Wildman–Crippen MR) is 71.9 cm³/mol. The Hall–Kier alpha value is -2.08. The fraction of sp³-hybridized carbons (Fsp3) is 0.385. The number of benzene rings is 1. The van der Waals surface area contributed by atoms with Crippen LogP contribution >= 0.6 is 0 Å². The van der Waals surface area contributed by atoms with Crippen LogP contribution in [0.25, 0.3) is 0 Å². The Morgan fingerprint density at radius 3 is 2.95 bits per heavy atom. The third-order valence-corrected chi connectivity index (χ3v) is 2.98. The van der Waals surface area contributed by atoms with Crippen molar-refractivity contribution >= 4 is 23.2 Å². The van der Waals surface area contributed by atoms with Gasteiger partial charge < -0.3 is 20.7 Å². The lowest BCUT2D eigenvalue weighted by molar-refractivity contribution is -0.116. The Morgan fingerprint density at radius 2 is 2.21 bits per heavy atom. The number of nitrogens with zero attached hydrogens (tertiary/aromatic N) is 1. The van der Waals surface area contributed by atoms with Gasteiger partial charge in [0, 0.05) is 25.9 Å². The van der Waals surface area contributed by atoms with Gasteiger partial charge in [0.1, 0.15) is 6.54 Å². The number of carbonyl (C=O) groups is 2. The maximum Gasteiger partial charge on any atom is 0.258 e. The van der Waals surface area contributed by atoms with Crippen molar-refractivity contribution in [2.45, 2.75) is 6.42 Å². The molecule has 0 radical (unpaired) electrons. The normalized spacial score (nSPS) is 14.9. The first-order chi connectivity index (χ1) is 9.13. The fourth-order valence-corrected chi connectivity index (χ4v) is 2.09. The van der Waals surface area contributed by atoms with Crippen LogP contribution in [0.3, 0.4) is 0 Å². The minimum absolute atomic E-state index is 0.0384. The second-order valence-corrected chi connectivity index (χ2v) is 4.39. The molecule has 102 valence electrons. The van der Waals surface area contributed by atoms with Crippen LogP contribution in [-0.2, 0) is 9.53 Å². The van der Waals surface area contributed by atoms with Crippen LogP contribution in [0.5, 0.6) is 0 Å². The van der Waals surface area contributed by atoms with Gasteiger partial charge in [0.2, 0.25) is 5.91 Å². The molecule has 0 spiro atoms. The fourth-order valence-electron chi connectivity index (χ4n) is 2.09. The van der Waals surface area contributed by atoms with Crippen molar-refractivity contribution in [1.29, 1.82) is 0 Å². The molecule has 2 rings (SSSR count). The maximum atomic E-state index is 12.4. The number of nitrogen functional groups attached to an aromatic ring is 1. The van der Waals surface area contributed by atoms with Gasteiger partial charge in [-0.3, -0.25) is 9.59 Å². The van der Waals surface area contributed by atoms with Crippen LogP contribution in [0.2, 0.25) is 0 Å². The molecule has 0 saturated carbocycles. The highest BCUT2D eigenvalue weighted by Crippen LogP contribution is 2.26. The van der Waals surface area contributed by atoms with Crippen molar-refractivity contribution < 1.29 is 14.3 Å². The maximum absolute atomic E-state index is 12.4. The lowest BCUT2D eigenvalue weighted by atomic mass is 10.1. The Bertz CT molecular complexity index is 502. The molecule has 1 aromatic carbocycles. The number of amides is 2. The van der Waals surface area contributed by atoms with Crippen molar-refractivity contribution in [1.82, 2.24) is 4.90 Å². The Morgan fingerprint density at radius 1 is 1.42 bits per heavy atom. The second kappa shape index (κ2) is 5.71. The first-order valence-electron chi connectivity index (χ1n) is 6.10. The number of methoxy groups -OCH3 is 1. The molecule has 6 nitrogen and oxygen atoms in total. The standard InChI is InChI=1S/C13H17N3O3/c1-19-7-3-6-16-8-11(17)15-10-5-2-4-9(14)12(10)13(16)18/h2,4-5H,3,6-8,14H2,1H3,(H,15,17). The molecule has 0 bridgehead atoms. The van der Waals surface area contributed by atoms with Crippen LogP contribution in [0.15, 0.2) is 18.2 Å². The third-order valence-electron chi connectivity index (χ3n) is 2.98. The van der Waals surface area contributed by atoms with Crippen molar-refractivity contribution in [3.8, 4) is 0 Å². The summed E-state index contributed by atoms with van der Waals surface area (Å²) in [5, 5.41) is 2.70. The van der Waals surface area contributed by atoms with Crippen LogP contribution in [0.4, 0.5) is 11.4 Å². The van der Waals surface area contributed by atoms with Crippen LogP contribution < -0.4 is 11.1 Å². The molecule has 0 aromatic heterocycles. The molecule has 6 heteroatoms. The smallest absolute Gasteiger partial charge is 0.258 e. The molecule has 1 heterocycles. The zero-order chi connectivity index (χ0) is 13.8. The molecule has 2 amide bonds. The van der Waals surface area contributed by atoms with E-state index in [0.29, 0.717) is 36.5 Å². The highest BCUT2D eigenvalue weighted by Gasteiger charge is 2.27. The van der Waals surface area contributed by atoms with Gasteiger partial charge in [-0.2, -0.15) is 0 Å². The molecule has 1 aromatic rings. The van der Waals surface area contributed by atoms with Crippen LogP contribution in [-0.4, -0.2) is 43.5 Å². The lowest BCUT2D eigenvalue weighted by Gasteiger charge is -2.19. The first kappa shape index (κ1) is 13.4. The molecular formula is C13H17N3O3. The summed E-state index contributed by atoms with van der Waals surface area (Å²) in [6, 6.07) is 5.05. The summed E-state index contributed by atoms with van der Waals surface area (Å²) in [6.07, 6.45) is 0.678. The Labute approximate surface area is 111 Å². The largest absolute Gasteiger partial charge is 0.398 e. The highest BCUT2D eigenvalue weighted by molar-refractivity contribution is 6.11. The van der Waals surface area contributed by atoms with Crippen molar-refractivity contribution in [3.63, 3.8) is 0 Å². The van der Waals surface area contributed by atoms with Gasteiger partial charge >= 0.3 is 0 Å². The minimum Gasteiger partial charge on any atom is -0.398 e. The molecule has 0 unspecified atom stereocenters. The van der Waals surface area contributed by atoms with E-state index in [1.807, 2.05) is 0 Å². The molecule has 0 saturated heterocycles. The van der Waals surface area contributed by atoms with E-state index in [2.05, 4.69) is 5.32 Å². The Kier molecular flexibility index (Phi) is 4.01. The van der Waals surface area contributed by atoms with Crippen LogP contribution in [0.1, 0.15) is 16.8 Å². The molecule has 0 atom stereocenters. The topological polar surface area (TPSA) is 84.7 Å². The summed E-state index contributed by atoms with van der Waals surface area (Å²) in [4.78, 5) is 25.7. The summed E-state index contributed by atoms with van der Waals surface area (Å²) in [6.45, 7) is 1.05. The number of nitrogens with one attached hydrogen (secondary N) is 1. The van der Waals surface area contributed by atoms with E-state index in [1.165, 1.54) is 4.90 Å². The van der Waals surface area contributed by atoms with E-state index in [4.69, 9.17) is 10.5 Å². The monoisotopic (exact) mass is 263 g/mol. The van der Waals surface area contributed by atoms with Gasteiger partial charge in [-0.1, -0.05) is 6.07 Å². The summed E-state index contributed by atoms with van der Waals surface area (Å²) >= 11 is 0. The molecule has 1 aliphatic heterocycles. The van der Waals surface area contributed by atoms with Crippen molar-refractivity contribution in [2.24, 2.45) is 0 Å². The molecule has 1 aliphatic rings. The van der Waals surface area contributed by atoms with Gasteiger partial charge in [0.25, 0.3) is 5.91 Å². The van der Waals surface area contributed by atoms with Crippen LogP contribution in [0, 0.1) is 0 Å². The predicted octanol–water partition coefficient (Wildman–Crippen LogP) is 0.700. The second-order valence-electron chi connectivity index (χ2n) is 4.39. The lowest BCUT2D eigenvalue weighted by Crippen LogP contribution is -2.36. The number of ether oxygens (including phenoxy) is 1. The molecule has 3 N–H and O–H groups in total. The average molecular weight is 263 g/mol. The molecule has 0 fully saturated rings. The number of fused-ring (bicyclic) bond motifs is 1. The molecule has 0 aliphatic carbocycles. The Balaban J connectivity index is 2.27. The van der Waals surface area contributed by atoms with E-state index in [1.54, 1.807) is 25.3 Å². The van der Waals surface area contributed by atoms with E-state index in [9.17, 15) is 9.59 Å². The van der Waals surface area contributed by atoms with E-state index in [-0.39, 0.29) is 18.4 Å². The summed E-state index contributed by atoms with van der Waals surface area (Å²) < 4.78 is 4.96. The summed E-state index contributed by atoms with van der Waals surface area (Å²) in [5.74, 6) is -0.433. The number of rotatable bonds is 4. The van der Waals surface area contributed by atoms with E-state index < -0.39 is 0 Å². The number of nitrogens with two attached hydrogens (primary N) is 1. The zero-order valence-electron chi connectivity index (χ0n) is 10.8. The van der Waals surface area contributed by atoms with Gasteiger partial charge in [-0.05, 0) is 18.6 Å². The van der Waals surface area contributed by atoms with E-state index >= 15 is 0 Å². The van der Waals surface area contributed by atoms with Crippen molar-refractivity contribution in [2.75, 3.05) is 37.9 Å². The van der Waals surface area contributed by atoms with Gasteiger partial charge in [0.15, 0.2) is 0 Å². The van der Waals surface area contributed by atoms with Gasteiger partial charge in [0.05, 0.1) is 11.3 Å². The quantitative estimate of drug-likeness (QED) is 0.618.